The number of aliphatic hydroxyl groups is 1. The van der Waals surface area contributed by atoms with Crippen molar-refractivity contribution in [3.63, 3.8) is 0 Å². The SMILES string of the molecule is CCOCC(O)COc1cccc(Cl)c1C=O. The molecule has 0 saturated carbocycles. The smallest absolute Gasteiger partial charge is 0.155 e. The van der Waals surface area contributed by atoms with E-state index >= 15 is 0 Å². The summed E-state index contributed by atoms with van der Waals surface area (Å²) in [5.41, 5.74) is 0.290. The molecule has 0 amide bonds. The molecule has 1 atom stereocenters. The number of benzene rings is 1. The summed E-state index contributed by atoms with van der Waals surface area (Å²) in [6.07, 6.45) is -0.0968. The minimum absolute atomic E-state index is 0.0567. The maximum absolute atomic E-state index is 10.8. The molecule has 0 saturated heterocycles. The molecule has 0 heterocycles. The van der Waals surface area contributed by atoms with Crippen LogP contribution in [0.4, 0.5) is 0 Å². The van der Waals surface area contributed by atoms with Crippen LogP contribution >= 0.6 is 11.6 Å². The Bertz CT molecular complexity index is 368. The van der Waals surface area contributed by atoms with Crippen LogP contribution in [-0.4, -0.2) is 37.3 Å². The van der Waals surface area contributed by atoms with Crippen LogP contribution in [0.5, 0.6) is 5.75 Å². The highest BCUT2D eigenvalue weighted by Gasteiger charge is 2.10. The van der Waals surface area contributed by atoms with Gasteiger partial charge in [-0.2, -0.15) is 0 Å². The summed E-state index contributed by atoms with van der Waals surface area (Å²) in [7, 11) is 0. The lowest BCUT2D eigenvalue weighted by Gasteiger charge is -2.13. The summed E-state index contributed by atoms with van der Waals surface area (Å²) in [5, 5.41) is 9.83. The van der Waals surface area contributed by atoms with Gasteiger partial charge in [-0.05, 0) is 19.1 Å². The zero-order valence-corrected chi connectivity index (χ0v) is 10.3. The van der Waals surface area contributed by atoms with Gasteiger partial charge in [0, 0.05) is 6.61 Å². The largest absolute Gasteiger partial charge is 0.490 e. The fourth-order valence-electron chi connectivity index (χ4n) is 1.25. The number of hydrogen-bond acceptors (Lipinski definition) is 4. The molecule has 0 aliphatic heterocycles. The van der Waals surface area contributed by atoms with Gasteiger partial charge >= 0.3 is 0 Å². The Morgan fingerprint density at radius 3 is 2.88 bits per heavy atom. The number of rotatable bonds is 7. The molecule has 4 nitrogen and oxygen atoms in total. The van der Waals surface area contributed by atoms with Crippen molar-refractivity contribution >= 4 is 17.9 Å². The first kappa shape index (κ1) is 14.0. The molecule has 1 unspecified atom stereocenters. The molecular weight excluding hydrogens is 244 g/mol. The van der Waals surface area contributed by atoms with Crippen LogP contribution in [0.2, 0.25) is 5.02 Å². The summed E-state index contributed by atoms with van der Waals surface area (Å²) in [6.45, 7) is 2.64. The lowest BCUT2D eigenvalue weighted by molar-refractivity contribution is 0.0163. The molecule has 5 heteroatoms. The van der Waals surface area contributed by atoms with Gasteiger partial charge in [-0.25, -0.2) is 0 Å². The Labute approximate surface area is 105 Å². The third kappa shape index (κ3) is 4.34. The van der Waals surface area contributed by atoms with Crippen molar-refractivity contribution in [3.05, 3.63) is 28.8 Å². The molecule has 0 fully saturated rings. The Hall–Kier alpha value is -1.10. The standard InChI is InChI=1S/C12H15ClO4/c1-2-16-7-9(15)8-17-12-5-3-4-11(13)10(12)6-14/h3-6,9,15H,2,7-8H2,1H3. The van der Waals surface area contributed by atoms with E-state index in [1.54, 1.807) is 18.2 Å². The molecule has 1 aromatic rings. The Morgan fingerprint density at radius 2 is 2.24 bits per heavy atom. The van der Waals surface area contributed by atoms with E-state index in [9.17, 15) is 9.90 Å². The van der Waals surface area contributed by atoms with Gasteiger partial charge in [0.05, 0.1) is 17.2 Å². The Kier molecular flexibility index (Phi) is 5.97. The van der Waals surface area contributed by atoms with Gasteiger partial charge in [-0.1, -0.05) is 17.7 Å². The van der Waals surface area contributed by atoms with Gasteiger partial charge in [0.1, 0.15) is 18.5 Å². The van der Waals surface area contributed by atoms with Gasteiger partial charge in [-0.3, -0.25) is 4.79 Å². The normalized spacial score (nSPS) is 12.2. The third-order valence-corrected chi connectivity index (χ3v) is 2.41. The minimum Gasteiger partial charge on any atom is -0.490 e. The van der Waals surface area contributed by atoms with Crippen LogP contribution in [-0.2, 0) is 4.74 Å². The van der Waals surface area contributed by atoms with Crippen LogP contribution in [0, 0.1) is 0 Å². The highest BCUT2D eigenvalue weighted by molar-refractivity contribution is 6.33. The number of hydrogen-bond donors (Lipinski definition) is 1. The van der Waals surface area contributed by atoms with Crippen LogP contribution in [0.1, 0.15) is 17.3 Å². The average molecular weight is 259 g/mol. The molecule has 0 bridgehead atoms. The van der Waals surface area contributed by atoms with Gasteiger partial charge in [-0.15, -0.1) is 0 Å². The Balaban J connectivity index is 2.57. The van der Waals surface area contributed by atoms with Gasteiger partial charge in [0.15, 0.2) is 6.29 Å². The molecular formula is C12H15ClO4. The fraction of sp³-hybridized carbons (Fsp3) is 0.417. The molecule has 17 heavy (non-hydrogen) atoms. The van der Waals surface area contributed by atoms with E-state index in [1.807, 2.05) is 6.92 Å². The van der Waals surface area contributed by atoms with Crippen molar-refractivity contribution in [1.29, 1.82) is 0 Å². The van der Waals surface area contributed by atoms with Gasteiger partial charge < -0.3 is 14.6 Å². The molecule has 94 valence electrons. The number of aliphatic hydroxyl groups excluding tert-OH is 1. The number of aldehydes is 1. The molecule has 0 aliphatic rings. The van der Waals surface area contributed by atoms with Crippen molar-refractivity contribution < 1.29 is 19.4 Å². The van der Waals surface area contributed by atoms with Gasteiger partial charge in [0.25, 0.3) is 0 Å². The van der Waals surface area contributed by atoms with E-state index in [-0.39, 0.29) is 18.8 Å². The predicted molar refractivity (Wildman–Crippen MR) is 64.8 cm³/mol. The van der Waals surface area contributed by atoms with E-state index in [4.69, 9.17) is 21.1 Å². The number of carbonyl (C=O) groups is 1. The molecule has 1 N–H and O–H groups in total. The zero-order chi connectivity index (χ0) is 12.7. The monoisotopic (exact) mass is 258 g/mol. The number of carbonyl (C=O) groups excluding carboxylic acids is 1. The van der Waals surface area contributed by atoms with Crippen LogP contribution < -0.4 is 4.74 Å². The van der Waals surface area contributed by atoms with Crippen molar-refractivity contribution in [1.82, 2.24) is 0 Å². The minimum atomic E-state index is -0.728. The summed E-state index contributed by atoms with van der Waals surface area (Å²) >= 11 is 5.83. The summed E-state index contributed by atoms with van der Waals surface area (Å²) in [6, 6.07) is 4.91. The molecule has 0 spiro atoms. The van der Waals surface area contributed by atoms with Gasteiger partial charge in [0.2, 0.25) is 0 Å². The summed E-state index contributed by atoms with van der Waals surface area (Å²) in [4.78, 5) is 10.8. The maximum Gasteiger partial charge on any atom is 0.155 e. The highest BCUT2D eigenvalue weighted by atomic mass is 35.5. The second-order valence-corrected chi connectivity index (χ2v) is 3.80. The molecule has 1 rings (SSSR count). The summed E-state index contributed by atoms with van der Waals surface area (Å²) in [5.74, 6) is 0.364. The zero-order valence-electron chi connectivity index (χ0n) is 9.56. The van der Waals surface area contributed by atoms with Crippen LogP contribution in [0.15, 0.2) is 18.2 Å². The highest BCUT2D eigenvalue weighted by Crippen LogP contribution is 2.24. The average Bonchev–Trinajstić information content (AvgIpc) is 2.33. The first-order chi connectivity index (χ1) is 8.19. The van der Waals surface area contributed by atoms with Crippen molar-refractivity contribution in [2.75, 3.05) is 19.8 Å². The first-order valence-corrected chi connectivity index (χ1v) is 5.69. The maximum atomic E-state index is 10.8. The Morgan fingerprint density at radius 1 is 1.47 bits per heavy atom. The summed E-state index contributed by atoms with van der Waals surface area (Å²) < 4.78 is 10.4. The van der Waals surface area contributed by atoms with Crippen molar-refractivity contribution in [2.45, 2.75) is 13.0 Å². The van der Waals surface area contributed by atoms with E-state index in [1.165, 1.54) is 0 Å². The van der Waals surface area contributed by atoms with E-state index in [0.717, 1.165) is 0 Å². The predicted octanol–water partition coefficient (Wildman–Crippen LogP) is 1.93. The number of halogens is 1. The fourth-order valence-corrected chi connectivity index (χ4v) is 1.46. The molecule has 0 aromatic heterocycles. The topological polar surface area (TPSA) is 55.8 Å². The van der Waals surface area contributed by atoms with Crippen LogP contribution in [0.3, 0.4) is 0 Å². The molecule has 1 aromatic carbocycles. The second kappa shape index (κ2) is 7.27. The van der Waals surface area contributed by atoms with E-state index in [0.29, 0.717) is 23.7 Å². The molecule has 0 radical (unpaired) electrons. The molecule has 0 aliphatic carbocycles. The van der Waals surface area contributed by atoms with E-state index < -0.39 is 6.10 Å². The lowest BCUT2D eigenvalue weighted by Crippen LogP contribution is -2.23. The third-order valence-electron chi connectivity index (χ3n) is 2.08. The van der Waals surface area contributed by atoms with Crippen LogP contribution in [0.25, 0.3) is 0 Å². The van der Waals surface area contributed by atoms with Crippen molar-refractivity contribution in [2.24, 2.45) is 0 Å². The second-order valence-electron chi connectivity index (χ2n) is 3.39. The quantitative estimate of drug-likeness (QED) is 0.760. The lowest BCUT2D eigenvalue weighted by atomic mass is 10.2. The first-order valence-electron chi connectivity index (χ1n) is 5.31. The van der Waals surface area contributed by atoms with E-state index in [2.05, 4.69) is 0 Å². The number of ether oxygens (including phenoxy) is 2. The van der Waals surface area contributed by atoms with Crippen molar-refractivity contribution in [3.8, 4) is 5.75 Å².